The summed E-state index contributed by atoms with van der Waals surface area (Å²) >= 11 is 0. The Kier molecular flexibility index (Phi) is 6.57. The van der Waals surface area contributed by atoms with E-state index in [1.165, 1.54) is 45.4 Å². The molecule has 0 bridgehead atoms. The van der Waals surface area contributed by atoms with Crippen molar-refractivity contribution in [1.82, 2.24) is 15.1 Å². The van der Waals surface area contributed by atoms with Gasteiger partial charge in [0.1, 0.15) is 0 Å². The molecule has 0 amide bonds. The first kappa shape index (κ1) is 15.2. The molecular weight excluding hydrogens is 238 g/mol. The lowest BCUT2D eigenvalue weighted by Gasteiger charge is -2.38. The first-order valence-corrected chi connectivity index (χ1v) is 8.05. The summed E-state index contributed by atoms with van der Waals surface area (Å²) < 4.78 is 5.69. The highest BCUT2D eigenvalue weighted by Gasteiger charge is 2.28. The fourth-order valence-electron chi connectivity index (χ4n) is 3.20. The maximum Gasteiger partial charge on any atom is 0.0636 e. The van der Waals surface area contributed by atoms with Crippen molar-refractivity contribution in [3.05, 3.63) is 0 Å². The average Bonchev–Trinajstić information content (AvgIpc) is 2.96. The van der Waals surface area contributed by atoms with Gasteiger partial charge < -0.3 is 15.0 Å². The van der Waals surface area contributed by atoms with Crippen LogP contribution in [0, 0.1) is 0 Å². The second kappa shape index (κ2) is 8.20. The lowest BCUT2D eigenvalue weighted by atomic mass is 10.0. The van der Waals surface area contributed by atoms with Gasteiger partial charge in [-0.3, -0.25) is 4.90 Å². The van der Waals surface area contributed by atoms with Crippen LogP contribution in [0.1, 0.15) is 32.6 Å². The molecule has 4 heteroatoms. The van der Waals surface area contributed by atoms with E-state index in [1.54, 1.807) is 0 Å². The fourth-order valence-corrected chi connectivity index (χ4v) is 3.20. The molecule has 2 fully saturated rings. The van der Waals surface area contributed by atoms with Gasteiger partial charge in [0.05, 0.1) is 6.61 Å². The number of nitrogens with zero attached hydrogens (tertiary/aromatic N) is 2. The predicted molar refractivity (Wildman–Crippen MR) is 79.6 cm³/mol. The fraction of sp³-hybridized carbons (Fsp3) is 1.00. The molecule has 2 heterocycles. The summed E-state index contributed by atoms with van der Waals surface area (Å²) in [4.78, 5) is 5.10. The summed E-state index contributed by atoms with van der Waals surface area (Å²) in [6.07, 6.45) is 5.13. The Morgan fingerprint density at radius 3 is 2.84 bits per heavy atom. The Balaban J connectivity index is 1.75. The zero-order valence-electron chi connectivity index (χ0n) is 12.7. The topological polar surface area (TPSA) is 27.7 Å². The molecule has 2 aliphatic heterocycles. The molecular formula is C15H31N3O. The van der Waals surface area contributed by atoms with Gasteiger partial charge in [0.2, 0.25) is 0 Å². The average molecular weight is 269 g/mol. The quantitative estimate of drug-likeness (QED) is 0.751. The number of hydrogen-bond donors (Lipinski definition) is 1. The molecule has 0 aromatic rings. The van der Waals surface area contributed by atoms with Gasteiger partial charge in [-0.2, -0.15) is 0 Å². The van der Waals surface area contributed by atoms with Gasteiger partial charge >= 0.3 is 0 Å². The molecule has 112 valence electrons. The van der Waals surface area contributed by atoms with E-state index in [4.69, 9.17) is 4.74 Å². The van der Waals surface area contributed by atoms with Crippen LogP contribution in [0.5, 0.6) is 0 Å². The van der Waals surface area contributed by atoms with E-state index < -0.39 is 0 Å². The Labute approximate surface area is 118 Å². The molecule has 0 saturated carbocycles. The first-order valence-electron chi connectivity index (χ1n) is 8.05. The van der Waals surface area contributed by atoms with Crippen molar-refractivity contribution in [2.24, 2.45) is 0 Å². The molecule has 0 aromatic carbocycles. The summed E-state index contributed by atoms with van der Waals surface area (Å²) in [7, 11) is 2.26. The zero-order valence-corrected chi connectivity index (χ0v) is 12.7. The van der Waals surface area contributed by atoms with E-state index in [0.29, 0.717) is 12.1 Å². The SMILES string of the molecule is CCCNC1CCOCC1N(C)CCN1CCCC1. The Morgan fingerprint density at radius 1 is 1.32 bits per heavy atom. The van der Waals surface area contributed by atoms with Crippen LogP contribution in [0.15, 0.2) is 0 Å². The van der Waals surface area contributed by atoms with Gasteiger partial charge in [0.25, 0.3) is 0 Å². The molecule has 2 saturated heterocycles. The molecule has 2 rings (SSSR count). The van der Waals surface area contributed by atoms with Crippen LogP contribution in [-0.4, -0.2) is 74.9 Å². The van der Waals surface area contributed by atoms with Crippen molar-refractivity contribution >= 4 is 0 Å². The minimum Gasteiger partial charge on any atom is -0.380 e. The summed E-state index contributed by atoms with van der Waals surface area (Å²) in [6, 6.07) is 1.15. The number of nitrogens with one attached hydrogen (secondary N) is 1. The van der Waals surface area contributed by atoms with Gasteiger partial charge in [-0.15, -0.1) is 0 Å². The number of likely N-dealkylation sites (N-methyl/N-ethyl adjacent to an activating group) is 1. The molecule has 0 spiro atoms. The van der Waals surface area contributed by atoms with E-state index in [-0.39, 0.29) is 0 Å². The van der Waals surface area contributed by atoms with Crippen LogP contribution in [0.4, 0.5) is 0 Å². The monoisotopic (exact) mass is 269 g/mol. The van der Waals surface area contributed by atoms with E-state index in [0.717, 1.165) is 26.2 Å². The van der Waals surface area contributed by atoms with Crippen LogP contribution in [0.2, 0.25) is 0 Å². The highest BCUT2D eigenvalue weighted by molar-refractivity contribution is 4.86. The van der Waals surface area contributed by atoms with Crippen molar-refractivity contribution in [2.75, 3.05) is 53.0 Å². The van der Waals surface area contributed by atoms with Gasteiger partial charge in [-0.05, 0) is 52.4 Å². The van der Waals surface area contributed by atoms with Gasteiger partial charge in [0.15, 0.2) is 0 Å². The second-order valence-electron chi connectivity index (χ2n) is 6.02. The normalized spacial score (nSPS) is 29.2. The van der Waals surface area contributed by atoms with E-state index in [2.05, 4.69) is 29.1 Å². The van der Waals surface area contributed by atoms with E-state index >= 15 is 0 Å². The number of rotatable bonds is 7. The number of hydrogen-bond acceptors (Lipinski definition) is 4. The molecule has 1 N–H and O–H groups in total. The maximum absolute atomic E-state index is 5.69. The molecule has 4 nitrogen and oxygen atoms in total. The van der Waals surface area contributed by atoms with Crippen LogP contribution in [0.25, 0.3) is 0 Å². The summed E-state index contributed by atoms with van der Waals surface area (Å²) in [5, 5.41) is 3.69. The molecule has 19 heavy (non-hydrogen) atoms. The van der Waals surface area contributed by atoms with Crippen molar-refractivity contribution in [3.8, 4) is 0 Å². The Morgan fingerprint density at radius 2 is 2.11 bits per heavy atom. The smallest absolute Gasteiger partial charge is 0.0636 e. The summed E-state index contributed by atoms with van der Waals surface area (Å²) in [5.41, 5.74) is 0. The highest BCUT2D eigenvalue weighted by Crippen LogP contribution is 2.14. The highest BCUT2D eigenvalue weighted by atomic mass is 16.5. The van der Waals surface area contributed by atoms with Gasteiger partial charge in [0, 0.05) is 31.8 Å². The third-order valence-corrected chi connectivity index (χ3v) is 4.52. The van der Waals surface area contributed by atoms with Crippen molar-refractivity contribution in [2.45, 2.75) is 44.7 Å². The van der Waals surface area contributed by atoms with Crippen LogP contribution < -0.4 is 5.32 Å². The first-order chi connectivity index (χ1) is 9.31. The number of ether oxygens (including phenoxy) is 1. The maximum atomic E-state index is 5.69. The van der Waals surface area contributed by atoms with Gasteiger partial charge in [-0.1, -0.05) is 6.92 Å². The van der Waals surface area contributed by atoms with Crippen molar-refractivity contribution in [3.63, 3.8) is 0 Å². The molecule has 0 aliphatic carbocycles. The minimum atomic E-state index is 0.544. The third kappa shape index (κ3) is 4.71. The molecule has 2 aliphatic rings. The third-order valence-electron chi connectivity index (χ3n) is 4.52. The second-order valence-corrected chi connectivity index (χ2v) is 6.02. The molecule has 0 radical (unpaired) electrons. The Hall–Kier alpha value is -0.160. The van der Waals surface area contributed by atoms with Crippen LogP contribution in [0.3, 0.4) is 0 Å². The van der Waals surface area contributed by atoms with Crippen LogP contribution in [-0.2, 0) is 4.74 Å². The molecule has 2 unspecified atom stereocenters. The Bertz CT molecular complexity index is 244. The minimum absolute atomic E-state index is 0.544. The largest absolute Gasteiger partial charge is 0.380 e. The standard InChI is InChI=1S/C15H31N3O/c1-3-7-16-14-6-12-19-13-15(14)17(2)10-11-18-8-4-5-9-18/h14-16H,3-13H2,1-2H3. The molecule has 2 atom stereocenters. The molecule has 0 aromatic heterocycles. The summed E-state index contributed by atoms with van der Waals surface area (Å²) in [5.74, 6) is 0. The summed E-state index contributed by atoms with van der Waals surface area (Å²) in [6.45, 7) is 10.1. The van der Waals surface area contributed by atoms with E-state index in [9.17, 15) is 0 Å². The van der Waals surface area contributed by atoms with Gasteiger partial charge in [-0.25, -0.2) is 0 Å². The van der Waals surface area contributed by atoms with E-state index in [1.807, 2.05) is 0 Å². The van der Waals surface area contributed by atoms with Crippen molar-refractivity contribution < 1.29 is 4.74 Å². The lowest BCUT2D eigenvalue weighted by Crippen LogP contribution is -2.55. The van der Waals surface area contributed by atoms with Crippen LogP contribution >= 0.6 is 0 Å². The number of likely N-dealkylation sites (tertiary alicyclic amines) is 1. The lowest BCUT2D eigenvalue weighted by molar-refractivity contribution is 0.00416. The van der Waals surface area contributed by atoms with Crippen molar-refractivity contribution in [1.29, 1.82) is 0 Å². The zero-order chi connectivity index (χ0) is 13.5. The predicted octanol–water partition coefficient (Wildman–Crippen LogP) is 1.17.